The van der Waals surface area contributed by atoms with Gasteiger partial charge in [-0.05, 0) is 37.6 Å². The lowest BCUT2D eigenvalue weighted by Crippen LogP contribution is -2.38. The van der Waals surface area contributed by atoms with Gasteiger partial charge in [-0.3, -0.25) is 9.59 Å². The van der Waals surface area contributed by atoms with Crippen LogP contribution in [0.1, 0.15) is 40.1 Å². The zero-order valence-corrected chi connectivity index (χ0v) is 18.6. The fourth-order valence-corrected chi connectivity index (χ4v) is 4.35. The lowest BCUT2D eigenvalue weighted by molar-refractivity contribution is 0.0314. The van der Waals surface area contributed by atoms with Crippen LogP contribution in [-0.4, -0.2) is 74.9 Å². The van der Waals surface area contributed by atoms with Crippen LogP contribution in [0, 0.1) is 0 Å². The average molecular weight is 450 g/mol. The Labute approximate surface area is 190 Å². The first-order chi connectivity index (χ1) is 15.8. The largest absolute Gasteiger partial charge is 0.389 e. The Morgan fingerprint density at radius 1 is 1.27 bits per heavy atom. The van der Waals surface area contributed by atoms with Crippen LogP contribution in [0.5, 0.6) is 0 Å². The number of carbonyl (C=O) groups is 2. The van der Waals surface area contributed by atoms with Gasteiger partial charge in [-0.1, -0.05) is 0 Å². The summed E-state index contributed by atoms with van der Waals surface area (Å²) in [5.74, 6) is -0.442. The summed E-state index contributed by atoms with van der Waals surface area (Å²) in [6.45, 7) is 6.41. The van der Waals surface area contributed by atoms with Gasteiger partial charge in [0.2, 0.25) is 0 Å². The number of hydrogen-bond donors (Lipinski definition) is 2. The summed E-state index contributed by atoms with van der Waals surface area (Å²) >= 11 is 0. The molecule has 2 aromatic heterocycles. The minimum atomic E-state index is -1.00. The predicted molar refractivity (Wildman–Crippen MR) is 121 cm³/mol. The van der Waals surface area contributed by atoms with Crippen LogP contribution < -0.4 is 10.2 Å². The van der Waals surface area contributed by atoms with Crippen LogP contribution in [0.2, 0.25) is 0 Å². The van der Waals surface area contributed by atoms with E-state index in [2.05, 4.69) is 20.3 Å². The lowest BCUT2D eigenvalue weighted by Gasteiger charge is -2.31. The van der Waals surface area contributed by atoms with Crippen molar-refractivity contribution in [1.29, 1.82) is 0 Å². The van der Waals surface area contributed by atoms with Crippen molar-refractivity contribution in [2.24, 2.45) is 0 Å². The van der Waals surface area contributed by atoms with Crippen LogP contribution in [-0.2, 0) is 11.3 Å². The Hall–Kier alpha value is -3.50. The first kappa shape index (κ1) is 21.4. The maximum atomic E-state index is 13.2. The molecule has 33 heavy (non-hydrogen) atoms. The third-order valence-electron chi connectivity index (χ3n) is 5.80. The van der Waals surface area contributed by atoms with Gasteiger partial charge in [0.1, 0.15) is 5.56 Å². The summed E-state index contributed by atoms with van der Waals surface area (Å²) in [6, 6.07) is 5.45. The molecule has 2 aliphatic rings. The first-order valence-corrected chi connectivity index (χ1v) is 10.9. The molecule has 172 valence electrons. The van der Waals surface area contributed by atoms with Crippen molar-refractivity contribution in [3.8, 4) is 0 Å². The van der Waals surface area contributed by atoms with Crippen LogP contribution >= 0.6 is 0 Å². The lowest BCUT2D eigenvalue weighted by atomic mass is 10.1. The van der Waals surface area contributed by atoms with Crippen LogP contribution in [0.4, 0.5) is 11.4 Å². The van der Waals surface area contributed by atoms with Gasteiger partial charge < -0.3 is 25.0 Å². The smallest absolute Gasteiger partial charge is 0.261 e. The number of rotatable bonds is 5. The number of ether oxygens (including phenoxy) is 1. The SMILES string of the molecule is CC(C)(O)CN1Cc2cc(NC(=O)c3cnn4cccnc34)c(N3CCOCC3)cc2C1=O. The molecule has 10 nitrogen and oxygen atoms in total. The Kier molecular flexibility index (Phi) is 5.26. The molecule has 0 bridgehead atoms. The molecule has 0 atom stereocenters. The summed E-state index contributed by atoms with van der Waals surface area (Å²) in [5, 5.41) is 17.4. The van der Waals surface area contributed by atoms with Crippen molar-refractivity contribution in [3.63, 3.8) is 0 Å². The Morgan fingerprint density at radius 3 is 2.82 bits per heavy atom. The van der Waals surface area contributed by atoms with Crippen molar-refractivity contribution in [1.82, 2.24) is 19.5 Å². The average Bonchev–Trinajstić information content (AvgIpc) is 3.34. The standard InChI is InChI=1S/C23H26N6O4/c1-23(2,32)14-28-13-15-10-18(19(11-16(15)22(28)31)27-6-8-33-9-7-27)26-21(30)17-12-25-29-5-3-4-24-20(17)29/h3-5,10-12,32H,6-9,13-14H2,1-2H3,(H,26,30). The van der Waals surface area contributed by atoms with E-state index in [1.54, 1.807) is 41.7 Å². The quantitative estimate of drug-likeness (QED) is 0.606. The van der Waals surface area contributed by atoms with Gasteiger partial charge in [-0.15, -0.1) is 0 Å². The molecule has 2 aliphatic heterocycles. The van der Waals surface area contributed by atoms with Gasteiger partial charge in [0.05, 0.1) is 36.4 Å². The summed E-state index contributed by atoms with van der Waals surface area (Å²) in [7, 11) is 0. The maximum Gasteiger partial charge on any atom is 0.261 e. The molecule has 2 amide bonds. The second-order valence-corrected chi connectivity index (χ2v) is 9.00. The van der Waals surface area contributed by atoms with E-state index in [-0.39, 0.29) is 18.4 Å². The van der Waals surface area contributed by atoms with Gasteiger partial charge in [0.25, 0.3) is 11.8 Å². The number of aromatic nitrogens is 3. The number of nitrogens with one attached hydrogen (secondary N) is 1. The van der Waals surface area contributed by atoms with Crippen LogP contribution in [0.15, 0.2) is 36.8 Å². The normalized spacial score (nSPS) is 16.4. The second-order valence-electron chi connectivity index (χ2n) is 9.00. The number of nitrogens with zero attached hydrogens (tertiary/aromatic N) is 5. The molecular formula is C23H26N6O4. The minimum absolute atomic E-state index is 0.119. The van der Waals surface area contributed by atoms with Gasteiger partial charge >= 0.3 is 0 Å². The molecule has 0 radical (unpaired) electrons. The molecule has 0 unspecified atom stereocenters. The summed E-state index contributed by atoms with van der Waals surface area (Å²) in [5.41, 5.74) is 2.63. The molecule has 10 heteroatoms. The van der Waals surface area contributed by atoms with Crippen molar-refractivity contribution in [2.45, 2.75) is 26.0 Å². The number of carbonyl (C=O) groups excluding carboxylic acids is 2. The topological polar surface area (TPSA) is 112 Å². The van der Waals surface area contributed by atoms with Crippen molar-refractivity contribution < 1.29 is 19.4 Å². The number of aliphatic hydroxyl groups is 1. The molecule has 0 spiro atoms. The predicted octanol–water partition coefficient (Wildman–Crippen LogP) is 1.54. The molecule has 3 aromatic rings. The Morgan fingerprint density at radius 2 is 2.06 bits per heavy atom. The Bertz CT molecular complexity index is 1230. The summed E-state index contributed by atoms with van der Waals surface area (Å²) in [6.07, 6.45) is 4.84. The van der Waals surface area contributed by atoms with Gasteiger partial charge in [-0.2, -0.15) is 5.10 Å². The molecule has 5 rings (SSSR count). The third-order valence-corrected chi connectivity index (χ3v) is 5.80. The molecule has 1 saturated heterocycles. The molecule has 0 aliphatic carbocycles. The van der Waals surface area contributed by atoms with E-state index >= 15 is 0 Å². The summed E-state index contributed by atoms with van der Waals surface area (Å²) < 4.78 is 7.03. The van der Waals surface area contributed by atoms with Gasteiger partial charge in [-0.25, -0.2) is 9.50 Å². The molecular weight excluding hydrogens is 424 g/mol. The highest BCUT2D eigenvalue weighted by molar-refractivity contribution is 6.10. The van der Waals surface area contributed by atoms with Gasteiger partial charge in [0, 0.05) is 44.1 Å². The van der Waals surface area contributed by atoms with E-state index in [1.165, 1.54) is 6.20 Å². The monoisotopic (exact) mass is 450 g/mol. The van der Waals surface area contributed by atoms with Crippen molar-refractivity contribution >= 4 is 28.8 Å². The number of hydrogen-bond acceptors (Lipinski definition) is 7. The molecule has 1 fully saturated rings. The third kappa shape index (κ3) is 4.14. The highest BCUT2D eigenvalue weighted by atomic mass is 16.5. The molecule has 0 saturated carbocycles. The molecule has 1 aromatic carbocycles. The second kappa shape index (κ2) is 8.13. The molecule has 4 heterocycles. The fourth-order valence-electron chi connectivity index (χ4n) is 4.35. The summed E-state index contributed by atoms with van der Waals surface area (Å²) in [4.78, 5) is 34.2. The number of β-amino-alcohol motifs (C(OH)–C–C–N with tert-alkyl or cyclic N) is 1. The number of fused-ring (bicyclic) bond motifs is 2. The molecule has 2 N–H and O–H groups in total. The number of benzene rings is 1. The van der Waals surface area contributed by atoms with E-state index < -0.39 is 5.60 Å². The fraction of sp³-hybridized carbons (Fsp3) is 0.391. The zero-order chi connectivity index (χ0) is 23.2. The zero-order valence-electron chi connectivity index (χ0n) is 18.6. The minimum Gasteiger partial charge on any atom is -0.389 e. The van der Waals surface area contributed by atoms with Crippen molar-refractivity contribution in [2.75, 3.05) is 43.1 Å². The van der Waals surface area contributed by atoms with E-state index in [9.17, 15) is 14.7 Å². The highest BCUT2D eigenvalue weighted by Crippen LogP contribution is 2.35. The van der Waals surface area contributed by atoms with E-state index in [4.69, 9.17) is 4.74 Å². The highest BCUT2D eigenvalue weighted by Gasteiger charge is 2.33. The van der Waals surface area contributed by atoms with E-state index in [0.717, 1.165) is 11.3 Å². The van der Waals surface area contributed by atoms with Crippen LogP contribution in [0.25, 0.3) is 5.65 Å². The number of amides is 2. The van der Waals surface area contributed by atoms with Crippen molar-refractivity contribution in [3.05, 3.63) is 53.5 Å². The van der Waals surface area contributed by atoms with Gasteiger partial charge in [0.15, 0.2) is 5.65 Å². The maximum absolute atomic E-state index is 13.2. The van der Waals surface area contributed by atoms with E-state index in [0.29, 0.717) is 55.3 Å². The van der Waals surface area contributed by atoms with Crippen LogP contribution in [0.3, 0.4) is 0 Å². The number of anilines is 2. The number of morpholine rings is 1. The van der Waals surface area contributed by atoms with E-state index in [1.807, 2.05) is 12.1 Å². The first-order valence-electron chi connectivity index (χ1n) is 10.9. The Balaban J connectivity index is 1.50.